The van der Waals surface area contributed by atoms with Crippen LogP contribution in [0.1, 0.15) is 23.5 Å². The molecule has 0 aliphatic rings. The molecular weight excluding hydrogens is 250 g/mol. The number of rotatable bonds is 4. The Morgan fingerprint density at radius 2 is 2.39 bits per heavy atom. The summed E-state index contributed by atoms with van der Waals surface area (Å²) >= 11 is 1.27. The van der Waals surface area contributed by atoms with E-state index in [-0.39, 0.29) is 11.9 Å². The Morgan fingerprint density at radius 3 is 3.00 bits per heavy atom. The van der Waals surface area contributed by atoms with E-state index in [2.05, 4.69) is 20.5 Å². The van der Waals surface area contributed by atoms with Crippen LogP contribution in [0, 0.1) is 0 Å². The van der Waals surface area contributed by atoms with Crippen LogP contribution < -0.4 is 11.1 Å². The normalized spacial score (nSPS) is 12.1. The minimum Gasteiger partial charge on any atom is -0.374 e. The molecule has 6 nitrogen and oxygen atoms in total. The van der Waals surface area contributed by atoms with Crippen molar-refractivity contribution in [2.75, 3.05) is 5.73 Å². The molecule has 7 heteroatoms. The summed E-state index contributed by atoms with van der Waals surface area (Å²) in [4.78, 5) is 15.8. The maximum absolute atomic E-state index is 11.8. The van der Waals surface area contributed by atoms with Gasteiger partial charge in [0.1, 0.15) is 5.01 Å². The number of hydrogen-bond acceptors (Lipinski definition) is 6. The van der Waals surface area contributed by atoms with Crippen LogP contribution in [0.2, 0.25) is 0 Å². The SMILES string of the molecule is C[C@H](NC(=O)Cc1cccnc1)c1nnc(N)s1. The van der Waals surface area contributed by atoms with Crippen LogP contribution in [0.5, 0.6) is 0 Å². The molecule has 0 fully saturated rings. The molecule has 2 aromatic heterocycles. The van der Waals surface area contributed by atoms with Gasteiger partial charge in [-0.05, 0) is 18.6 Å². The third-order valence-electron chi connectivity index (χ3n) is 2.29. The number of amides is 1. The van der Waals surface area contributed by atoms with Crippen LogP contribution in [-0.4, -0.2) is 21.1 Å². The molecule has 0 bridgehead atoms. The highest BCUT2D eigenvalue weighted by atomic mass is 32.1. The molecule has 0 saturated heterocycles. The zero-order chi connectivity index (χ0) is 13.0. The van der Waals surface area contributed by atoms with Crippen molar-refractivity contribution in [3.63, 3.8) is 0 Å². The van der Waals surface area contributed by atoms with Gasteiger partial charge in [0, 0.05) is 12.4 Å². The lowest BCUT2D eigenvalue weighted by molar-refractivity contribution is -0.121. The topological polar surface area (TPSA) is 93.8 Å². The number of nitrogen functional groups attached to an aromatic ring is 1. The number of carbonyl (C=O) groups is 1. The van der Waals surface area contributed by atoms with Crippen molar-refractivity contribution in [1.82, 2.24) is 20.5 Å². The number of nitrogens with two attached hydrogens (primary N) is 1. The number of aromatic nitrogens is 3. The molecule has 0 aliphatic heterocycles. The van der Waals surface area contributed by atoms with Gasteiger partial charge in [-0.15, -0.1) is 10.2 Å². The first kappa shape index (κ1) is 12.4. The first-order valence-corrected chi connectivity index (χ1v) is 6.24. The average Bonchev–Trinajstić information content (AvgIpc) is 2.77. The first-order valence-electron chi connectivity index (χ1n) is 5.42. The van der Waals surface area contributed by atoms with Crippen molar-refractivity contribution in [3.05, 3.63) is 35.1 Å². The molecular formula is C11H13N5OS. The van der Waals surface area contributed by atoms with Crippen LogP contribution in [-0.2, 0) is 11.2 Å². The molecule has 0 spiro atoms. The van der Waals surface area contributed by atoms with E-state index in [1.54, 1.807) is 18.5 Å². The summed E-state index contributed by atoms with van der Waals surface area (Å²) in [6.45, 7) is 1.85. The van der Waals surface area contributed by atoms with Crippen LogP contribution in [0.15, 0.2) is 24.5 Å². The molecule has 1 amide bonds. The average molecular weight is 263 g/mol. The zero-order valence-electron chi connectivity index (χ0n) is 9.83. The van der Waals surface area contributed by atoms with Crippen LogP contribution in [0.4, 0.5) is 5.13 Å². The fraction of sp³-hybridized carbons (Fsp3) is 0.273. The van der Waals surface area contributed by atoms with Crippen LogP contribution in [0.3, 0.4) is 0 Å². The van der Waals surface area contributed by atoms with E-state index in [1.165, 1.54) is 11.3 Å². The molecule has 94 valence electrons. The highest BCUT2D eigenvalue weighted by molar-refractivity contribution is 7.15. The summed E-state index contributed by atoms with van der Waals surface area (Å²) < 4.78 is 0. The lowest BCUT2D eigenvalue weighted by Gasteiger charge is -2.10. The molecule has 0 aromatic carbocycles. The second-order valence-corrected chi connectivity index (χ2v) is 4.85. The maximum Gasteiger partial charge on any atom is 0.225 e. The molecule has 2 rings (SSSR count). The predicted molar refractivity (Wildman–Crippen MR) is 68.8 cm³/mol. The van der Waals surface area contributed by atoms with Crippen molar-refractivity contribution in [2.45, 2.75) is 19.4 Å². The Bertz CT molecular complexity index is 527. The third kappa shape index (κ3) is 3.24. The Balaban J connectivity index is 1.92. The maximum atomic E-state index is 11.8. The van der Waals surface area contributed by atoms with Crippen LogP contribution >= 0.6 is 11.3 Å². The summed E-state index contributed by atoms with van der Waals surface area (Å²) in [6.07, 6.45) is 3.65. The van der Waals surface area contributed by atoms with E-state index in [9.17, 15) is 4.79 Å². The molecule has 0 aliphatic carbocycles. The fourth-order valence-corrected chi connectivity index (χ4v) is 2.08. The van der Waals surface area contributed by atoms with Gasteiger partial charge in [-0.1, -0.05) is 17.4 Å². The van der Waals surface area contributed by atoms with E-state index in [4.69, 9.17) is 5.73 Å². The van der Waals surface area contributed by atoms with Gasteiger partial charge in [-0.3, -0.25) is 9.78 Å². The third-order valence-corrected chi connectivity index (χ3v) is 3.23. The molecule has 2 aromatic rings. The number of carbonyl (C=O) groups excluding carboxylic acids is 1. The first-order chi connectivity index (χ1) is 8.65. The summed E-state index contributed by atoms with van der Waals surface area (Å²) in [5.74, 6) is -0.0794. The monoisotopic (exact) mass is 263 g/mol. The van der Waals surface area contributed by atoms with Gasteiger partial charge in [-0.2, -0.15) is 0 Å². The zero-order valence-corrected chi connectivity index (χ0v) is 10.6. The van der Waals surface area contributed by atoms with Gasteiger partial charge in [0.2, 0.25) is 11.0 Å². The molecule has 0 saturated carbocycles. The molecule has 3 N–H and O–H groups in total. The van der Waals surface area contributed by atoms with Gasteiger partial charge in [0.25, 0.3) is 0 Å². The largest absolute Gasteiger partial charge is 0.374 e. The van der Waals surface area contributed by atoms with Crippen LogP contribution in [0.25, 0.3) is 0 Å². The van der Waals surface area contributed by atoms with Crippen molar-refractivity contribution in [2.24, 2.45) is 0 Å². The molecule has 0 unspecified atom stereocenters. The van der Waals surface area contributed by atoms with E-state index in [1.807, 2.05) is 13.0 Å². The van der Waals surface area contributed by atoms with E-state index < -0.39 is 0 Å². The van der Waals surface area contributed by atoms with Gasteiger partial charge in [-0.25, -0.2) is 0 Å². The van der Waals surface area contributed by atoms with E-state index >= 15 is 0 Å². The Morgan fingerprint density at radius 1 is 1.56 bits per heavy atom. The number of hydrogen-bond donors (Lipinski definition) is 2. The van der Waals surface area contributed by atoms with Crippen molar-refractivity contribution in [3.8, 4) is 0 Å². The smallest absolute Gasteiger partial charge is 0.225 e. The van der Waals surface area contributed by atoms with Gasteiger partial charge in [0.15, 0.2) is 0 Å². The fourth-order valence-electron chi connectivity index (χ4n) is 1.46. The van der Waals surface area contributed by atoms with Gasteiger partial charge < -0.3 is 11.1 Å². The summed E-state index contributed by atoms with van der Waals surface area (Å²) in [5, 5.41) is 11.6. The number of nitrogens with one attached hydrogen (secondary N) is 1. The highest BCUT2D eigenvalue weighted by Crippen LogP contribution is 2.18. The Kier molecular flexibility index (Phi) is 3.83. The highest BCUT2D eigenvalue weighted by Gasteiger charge is 2.14. The second-order valence-electron chi connectivity index (χ2n) is 3.81. The van der Waals surface area contributed by atoms with Gasteiger partial charge >= 0.3 is 0 Å². The molecule has 1 atom stereocenters. The quantitative estimate of drug-likeness (QED) is 0.856. The lowest BCUT2D eigenvalue weighted by atomic mass is 10.2. The van der Waals surface area contributed by atoms with Gasteiger partial charge in [0.05, 0.1) is 12.5 Å². The molecule has 0 radical (unpaired) electrons. The minimum absolute atomic E-state index is 0.0794. The Hall–Kier alpha value is -2.02. The summed E-state index contributed by atoms with van der Waals surface area (Å²) in [7, 11) is 0. The predicted octanol–water partition coefficient (Wildman–Crippen LogP) is 0.935. The molecule has 18 heavy (non-hydrogen) atoms. The van der Waals surface area contributed by atoms with Crippen molar-refractivity contribution in [1.29, 1.82) is 0 Å². The number of anilines is 1. The minimum atomic E-state index is -0.191. The van der Waals surface area contributed by atoms with E-state index in [0.717, 1.165) is 5.56 Å². The standard InChI is InChI=1S/C11H13N5OS/c1-7(10-15-16-11(12)18-10)14-9(17)5-8-3-2-4-13-6-8/h2-4,6-7H,5H2,1H3,(H2,12,16)(H,14,17)/t7-/m0/s1. The number of pyridine rings is 1. The number of nitrogens with zero attached hydrogens (tertiary/aromatic N) is 3. The lowest BCUT2D eigenvalue weighted by Crippen LogP contribution is -2.28. The van der Waals surface area contributed by atoms with Crippen molar-refractivity contribution < 1.29 is 4.79 Å². The summed E-state index contributed by atoms with van der Waals surface area (Å²) in [5.41, 5.74) is 6.37. The van der Waals surface area contributed by atoms with E-state index in [0.29, 0.717) is 16.6 Å². The Labute approximate surface area is 108 Å². The molecule has 2 heterocycles. The summed E-state index contributed by atoms with van der Waals surface area (Å²) in [6, 6.07) is 3.47. The van der Waals surface area contributed by atoms with Crippen molar-refractivity contribution >= 4 is 22.4 Å². The second kappa shape index (κ2) is 5.54.